The summed E-state index contributed by atoms with van der Waals surface area (Å²) in [4.78, 5) is 19.3. The summed E-state index contributed by atoms with van der Waals surface area (Å²) < 4.78 is 5.66. The number of guanidine groups is 1. The summed E-state index contributed by atoms with van der Waals surface area (Å²) >= 11 is 0. The minimum Gasteiger partial charge on any atom is -0.507 e. The molecular weight excluding hydrogens is 382 g/mol. The Morgan fingerprint density at radius 1 is 1.13 bits per heavy atom. The molecule has 2 aromatic rings. The summed E-state index contributed by atoms with van der Waals surface area (Å²) in [5, 5.41) is 19.1. The number of rotatable bonds is 9. The molecule has 1 aromatic heterocycles. The lowest BCUT2D eigenvalue weighted by molar-refractivity contribution is 0.0951. The molecule has 0 bridgehead atoms. The number of phenols is 1. The lowest BCUT2D eigenvalue weighted by Gasteiger charge is -2.24. The average molecular weight is 414 g/mol. The summed E-state index contributed by atoms with van der Waals surface area (Å²) in [6.45, 7) is 6.39. The molecule has 162 valence electrons. The van der Waals surface area contributed by atoms with Gasteiger partial charge in [-0.25, -0.2) is 0 Å². The number of para-hydroxylation sites is 1. The summed E-state index contributed by atoms with van der Waals surface area (Å²) in [7, 11) is 0. The molecule has 0 radical (unpaired) electrons. The van der Waals surface area contributed by atoms with Crippen LogP contribution in [-0.4, -0.2) is 61.1 Å². The molecule has 0 aliphatic carbocycles. The lowest BCUT2D eigenvalue weighted by Crippen LogP contribution is -2.42. The minimum atomic E-state index is -0.302. The molecule has 3 rings (SSSR count). The van der Waals surface area contributed by atoms with Crippen LogP contribution in [0.25, 0.3) is 0 Å². The number of carbonyl (C=O) groups is 1. The number of furan rings is 1. The van der Waals surface area contributed by atoms with E-state index < -0.39 is 0 Å². The molecular formula is C22H31N5O3. The molecule has 2 heterocycles. The first-order valence-electron chi connectivity index (χ1n) is 10.5. The zero-order valence-corrected chi connectivity index (χ0v) is 17.4. The van der Waals surface area contributed by atoms with Crippen LogP contribution < -0.4 is 16.0 Å². The van der Waals surface area contributed by atoms with Gasteiger partial charge in [-0.3, -0.25) is 14.7 Å². The van der Waals surface area contributed by atoms with Gasteiger partial charge in [0.25, 0.3) is 5.91 Å². The SMILES string of the molecule is CCNC(=NCC(c1ccco1)N1CCCC1)NCCNC(=O)c1ccccc1O. The third-order valence-corrected chi connectivity index (χ3v) is 5.07. The minimum absolute atomic E-state index is 0.0243. The number of aromatic hydroxyl groups is 1. The number of carbonyl (C=O) groups excluding carboxylic acids is 1. The second kappa shape index (κ2) is 11.3. The van der Waals surface area contributed by atoms with E-state index >= 15 is 0 Å². The fraction of sp³-hybridized carbons (Fsp3) is 0.455. The first-order valence-corrected chi connectivity index (χ1v) is 10.5. The van der Waals surface area contributed by atoms with Crippen molar-refractivity contribution >= 4 is 11.9 Å². The first-order chi connectivity index (χ1) is 14.7. The van der Waals surface area contributed by atoms with Crippen molar-refractivity contribution < 1.29 is 14.3 Å². The molecule has 8 nitrogen and oxygen atoms in total. The number of benzene rings is 1. The van der Waals surface area contributed by atoms with Crippen LogP contribution in [0.4, 0.5) is 0 Å². The third kappa shape index (κ3) is 6.00. The monoisotopic (exact) mass is 413 g/mol. The van der Waals surface area contributed by atoms with Gasteiger partial charge in [0.15, 0.2) is 5.96 Å². The summed E-state index contributed by atoms with van der Waals surface area (Å²) in [5.41, 5.74) is 0.268. The van der Waals surface area contributed by atoms with Gasteiger partial charge in [0, 0.05) is 19.6 Å². The highest BCUT2D eigenvalue weighted by Gasteiger charge is 2.25. The fourth-order valence-electron chi connectivity index (χ4n) is 3.56. The Balaban J connectivity index is 1.52. The topological polar surface area (TPSA) is 102 Å². The van der Waals surface area contributed by atoms with Crippen LogP contribution >= 0.6 is 0 Å². The van der Waals surface area contributed by atoms with E-state index in [0.717, 1.165) is 25.4 Å². The van der Waals surface area contributed by atoms with Gasteiger partial charge < -0.3 is 25.5 Å². The molecule has 4 N–H and O–H groups in total. The zero-order valence-electron chi connectivity index (χ0n) is 17.4. The predicted molar refractivity (Wildman–Crippen MR) is 117 cm³/mol. The van der Waals surface area contributed by atoms with Gasteiger partial charge >= 0.3 is 0 Å². The normalized spacial score (nSPS) is 15.7. The van der Waals surface area contributed by atoms with Crippen molar-refractivity contribution in [2.75, 3.05) is 39.3 Å². The van der Waals surface area contributed by atoms with Crippen molar-refractivity contribution in [1.29, 1.82) is 0 Å². The predicted octanol–water partition coefficient (Wildman–Crippen LogP) is 2.11. The van der Waals surface area contributed by atoms with Crippen molar-refractivity contribution in [3.63, 3.8) is 0 Å². The Bertz CT molecular complexity index is 816. The van der Waals surface area contributed by atoms with E-state index in [1.807, 2.05) is 19.1 Å². The van der Waals surface area contributed by atoms with Gasteiger partial charge in [-0.2, -0.15) is 0 Å². The van der Waals surface area contributed by atoms with Gasteiger partial charge in [0.05, 0.1) is 24.4 Å². The second-order valence-corrected chi connectivity index (χ2v) is 7.19. The van der Waals surface area contributed by atoms with Gasteiger partial charge in [-0.1, -0.05) is 12.1 Å². The van der Waals surface area contributed by atoms with Gasteiger partial charge in [-0.15, -0.1) is 0 Å². The third-order valence-electron chi connectivity index (χ3n) is 5.07. The molecule has 1 unspecified atom stereocenters. The van der Waals surface area contributed by atoms with Gasteiger partial charge in [0.2, 0.25) is 0 Å². The van der Waals surface area contributed by atoms with E-state index in [0.29, 0.717) is 25.6 Å². The second-order valence-electron chi connectivity index (χ2n) is 7.19. The highest BCUT2D eigenvalue weighted by molar-refractivity contribution is 5.96. The summed E-state index contributed by atoms with van der Waals surface area (Å²) in [5.74, 6) is 1.31. The number of likely N-dealkylation sites (tertiary alicyclic amines) is 1. The highest BCUT2D eigenvalue weighted by Crippen LogP contribution is 2.25. The maximum absolute atomic E-state index is 12.2. The molecule has 8 heteroatoms. The van der Waals surface area contributed by atoms with E-state index in [1.54, 1.807) is 24.5 Å². The van der Waals surface area contributed by atoms with Crippen molar-refractivity contribution in [2.24, 2.45) is 4.99 Å². The van der Waals surface area contributed by atoms with Crippen LogP contribution in [-0.2, 0) is 0 Å². The van der Waals surface area contributed by atoms with E-state index in [9.17, 15) is 9.90 Å². The quantitative estimate of drug-likeness (QED) is 0.285. The number of amides is 1. The summed E-state index contributed by atoms with van der Waals surface area (Å²) in [6, 6.07) is 10.5. The maximum atomic E-state index is 12.2. The van der Waals surface area contributed by atoms with Crippen LogP contribution in [0, 0.1) is 0 Å². The Morgan fingerprint density at radius 2 is 1.90 bits per heavy atom. The maximum Gasteiger partial charge on any atom is 0.255 e. The van der Waals surface area contributed by atoms with Crippen LogP contribution in [0.1, 0.15) is 41.9 Å². The molecule has 30 heavy (non-hydrogen) atoms. The number of hydrogen-bond acceptors (Lipinski definition) is 5. The smallest absolute Gasteiger partial charge is 0.255 e. The zero-order chi connectivity index (χ0) is 21.2. The molecule has 1 fully saturated rings. The average Bonchev–Trinajstić information content (AvgIpc) is 3.46. The van der Waals surface area contributed by atoms with E-state index in [1.165, 1.54) is 18.9 Å². The van der Waals surface area contributed by atoms with Gasteiger partial charge in [-0.05, 0) is 57.1 Å². The van der Waals surface area contributed by atoms with E-state index in [2.05, 4.69) is 20.9 Å². The van der Waals surface area contributed by atoms with Crippen molar-refractivity contribution in [3.8, 4) is 5.75 Å². The van der Waals surface area contributed by atoms with Crippen molar-refractivity contribution in [1.82, 2.24) is 20.9 Å². The van der Waals surface area contributed by atoms with Crippen LogP contribution in [0.15, 0.2) is 52.1 Å². The number of phenolic OH excluding ortho intramolecular Hbond substituents is 1. The number of aliphatic imine (C=N–C) groups is 1. The van der Waals surface area contributed by atoms with Crippen LogP contribution in [0.5, 0.6) is 5.75 Å². The molecule has 1 aromatic carbocycles. The van der Waals surface area contributed by atoms with Crippen LogP contribution in [0.3, 0.4) is 0 Å². The summed E-state index contributed by atoms with van der Waals surface area (Å²) in [6.07, 6.45) is 4.12. The van der Waals surface area contributed by atoms with Gasteiger partial charge in [0.1, 0.15) is 11.5 Å². The largest absolute Gasteiger partial charge is 0.507 e. The van der Waals surface area contributed by atoms with Crippen LogP contribution in [0.2, 0.25) is 0 Å². The Kier molecular flexibility index (Phi) is 8.14. The lowest BCUT2D eigenvalue weighted by atomic mass is 10.2. The Morgan fingerprint density at radius 3 is 2.60 bits per heavy atom. The van der Waals surface area contributed by atoms with E-state index in [-0.39, 0.29) is 23.3 Å². The van der Waals surface area contributed by atoms with Crippen molar-refractivity contribution in [2.45, 2.75) is 25.8 Å². The number of nitrogens with one attached hydrogen (secondary N) is 3. The first kappa shape index (κ1) is 21.7. The number of hydrogen-bond donors (Lipinski definition) is 4. The standard InChI is InChI=1S/C22H31N5O3/c1-2-23-22(25-12-11-24-21(29)17-8-3-4-9-19(17)28)26-16-18(20-10-7-15-30-20)27-13-5-6-14-27/h3-4,7-10,15,18,28H,2,5-6,11-14,16H2,1H3,(H,24,29)(H2,23,25,26). The molecule has 1 aliphatic heterocycles. The Labute approximate surface area is 177 Å². The van der Waals surface area contributed by atoms with E-state index in [4.69, 9.17) is 9.41 Å². The molecule has 1 saturated heterocycles. The molecule has 1 atom stereocenters. The highest BCUT2D eigenvalue weighted by atomic mass is 16.3. The Hall–Kier alpha value is -3.00. The van der Waals surface area contributed by atoms with Crippen molar-refractivity contribution in [3.05, 3.63) is 54.0 Å². The fourth-order valence-corrected chi connectivity index (χ4v) is 3.56. The number of nitrogens with zero attached hydrogens (tertiary/aromatic N) is 2. The molecule has 1 amide bonds. The molecule has 1 aliphatic rings. The molecule has 0 saturated carbocycles. The molecule has 0 spiro atoms.